The summed E-state index contributed by atoms with van der Waals surface area (Å²) in [6.45, 7) is 2.09. The van der Waals surface area contributed by atoms with E-state index in [4.69, 9.17) is 0 Å². The van der Waals surface area contributed by atoms with E-state index >= 15 is 0 Å². The van der Waals surface area contributed by atoms with Crippen LogP contribution in [0.2, 0.25) is 0 Å². The lowest BCUT2D eigenvalue weighted by Crippen LogP contribution is -2.38. The van der Waals surface area contributed by atoms with Crippen molar-refractivity contribution in [2.75, 3.05) is 24.3 Å². The van der Waals surface area contributed by atoms with Crippen LogP contribution in [0.25, 0.3) is 16.7 Å². The molecule has 0 unspecified atom stereocenters. The molecule has 2 bridgehead atoms. The molecule has 2 N–H and O–H groups in total. The molecule has 2 aromatic carbocycles. The molecule has 218 valence electrons. The van der Waals surface area contributed by atoms with Crippen molar-refractivity contribution in [2.45, 2.75) is 38.6 Å². The number of fused-ring (bicyclic) bond motifs is 4. The van der Waals surface area contributed by atoms with E-state index in [1.807, 2.05) is 19.1 Å². The molecule has 2 aliphatic heterocycles. The van der Waals surface area contributed by atoms with Crippen LogP contribution in [0.4, 0.5) is 25.0 Å². The third-order valence-corrected chi connectivity index (χ3v) is 8.26. The molecule has 0 aliphatic carbocycles. The molecule has 1 aromatic heterocycles. The molecule has 42 heavy (non-hydrogen) atoms. The van der Waals surface area contributed by atoms with Crippen LogP contribution in [0.3, 0.4) is 0 Å². The van der Waals surface area contributed by atoms with Gasteiger partial charge in [-0.3, -0.25) is 19.9 Å². The Morgan fingerprint density at radius 2 is 1.95 bits per heavy atom. The van der Waals surface area contributed by atoms with E-state index in [0.717, 1.165) is 5.56 Å². The van der Waals surface area contributed by atoms with Gasteiger partial charge in [0.2, 0.25) is 11.8 Å². The average Bonchev–Trinajstić information content (AvgIpc) is 2.97. The maximum Gasteiger partial charge on any atom is 0.411 e. The van der Waals surface area contributed by atoms with Gasteiger partial charge < -0.3 is 15.0 Å². The number of amides is 3. The lowest BCUT2D eigenvalue weighted by Gasteiger charge is -2.34. The Morgan fingerprint density at radius 1 is 1.14 bits per heavy atom. The number of anilines is 2. The summed E-state index contributed by atoms with van der Waals surface area (Å²) in [5, 5.41) is 5.61. The SMILES string of the molecule is COC(=O)Nc1ccc2c(c1)NC(=O)[C@H](C)CCC[C@H](N1CCC(c3c(F)ccc(Br)c3F)=CC1=O)c1cc-2ccn1. The van der Waals surface area contributed by atoms with E-state index in [1.165, 1.54) is 25.3 Å². The van der Waals surface area contributed by atoms with Gasteiger partial charge in [0, 0.05) is 36.0 Å². The van der Waals surface area contributed by atoms with Crippen LogP contribution in [0, 0.1) is 17.6 Å². The van der Waals surface area contributed by atoms with Gasteiger partial charge in [-0.05, 0) is 82.7 Å². The number of hydrogen-bond acceptors (Lipinski definition) is 5. The first-order valence-electron chi connectivity index (χ1n) is 13.6. The van der Waals surface area contributed by atoms with Gasteiger partial charge in [0.05, 0.1) is 34.6 Å². The van der Waals surface area contributed by atoms with Crippen molar-refractivity contribution in [3.8, 4) is 11.1 Å². The second-order valence-corrected chi connectivity index (χ2v) is 11.2. The molecule has 0 spiro atoms. The second kappa shape index (κ2) is 12.4. The molecule has 2 aliphatic rings. The van der Waals surface area contributed by atoms with E-state index < -0.39 is 23.8 Å². The summed E-state index contributed by atoms with van der Waals surface area (Å²) in [6, 6.07) is 10.9. The predicted molar refractivity (Wildman–Crippen MR) is 158 cm³/mol. The van der Waals surface area contributed by atoms with Gasteiger partial charge in [0.15, 0.2) is 0 Å². The van der Waals surface area contributed by atoms with Gasteiger partial charge in [0.25, 0.3) is 0 Å². The summed E-state index contributed by atoms with van der Waals surface area (Å²) in [5.41, 5.74) is 3.20. The van der Waals surface area contributed by atoms with Gasteiger partial charge >= 0.3 is 6.09 Å². The fourth-order valence-electron chi connectivity index (χ4n) is 5.40. The van der Waals surface area contributed by atoms with Crippen molar-refractivity contribution in [2.24, 2.45) is 5.92 Å². The Kier molecular flexibility index (Phi) is 8.67. The standard InChI is InChI=1S/C31H29BrF2N4O4/c1-17-4-3-5-26(38-13-11-19(15-27(38)39)28-23(33)9-8-22(32)29(28)34)25-14-18(10-12-35-25)21-7-6-20(36-31(41)42-2)16-24(21)37-30(17)40/h6-10,12,14-17,26H,3-5,11,13H2,1-2H3,(H,36,41)(H,37,40)/t17-,26+/m1/s1. The number of benzene rings is 2. The van der Waals surface area contributed by atoms with Crippen LogP contribution in [0.5, 0.6) is 0 Å². The summed E-state index contributed by atoms with van der Waals surface area (Å²) in [5.74, 6) is -2.31. The number of methoxy groups -OCH3 is 1. The molecule has 5 rings (SSSR count). The van der Waals surface area contributed by atoms with Crippen LogP contribution in [-0.2, 0) is 14.3 Å². The Hall–Kier alpha value is -4.12. The zero-order chi connectivity index (χ0) is 30.0. The predicted octanol–water partition coefficient (Wildman–Crippen LogP) is 7.08. The van der Waals surface area contributed by atoms with Gasteiger partial charge in [-0.15, -0.1) is 0 Å². The smallest absolute Gasteiger partial charge is 0.411 e. The number of carbonyl (C=O) groups is 3. The number of ether oxygens (including phenoxy) is 1. The van der Waals surface area contributed by atoms with Crippen LogP contribution in [-0.4, -0.2) is 41.4 Å². The van der Waals surface area contributed by atoms with Crippen LogP contribution >= 0.6 is 15.9 Å². The highest BCUT2D eigenvalue weighted by molar-refractivity contribution is 9.10. The highest BCUT2D eigenvalue weighted by Gasteiger charge is 2.31. The van der Waals surface area contributed by atoms with Gasteiger partial charge in [0.1, 0.15) is 11.6 Å². The molecular weight excluding hydrogens is 610 g/mol. The monoisotopic (exact) mass is 638 g/mol. The van der Waals surface area contributed by atoms with E-state index in [0.29, 0.717) is 47.5 Å². The number of rotatable bonds is 3. The molecule has 3 heterocycles. The minimum atomic E-state index is -0.737. The fourth-order valence-corrected chi connectivity index (χ4v) is 5.73. The normalized spacial score (nSPS) is 19.1. The summed E-state index contributed by atoms with van der Waals surface area (Å²) < 4.78 is 34.2. The molecule has 0 fully saturated rings. The summed E-state index contributed by atoms with van der Waals surface area (Å²) in [4.78, 5) is 44.7. The molecular formula is C31H29BrF2N4O4. The van der Waals surface area contributed by atoms with Crippen molar-refractivity contribution >= 4 is 50.8 Å². The Morgan fingerprint density at radius 3 is 2.71 bits per heavy atom. The fraction of sp³-hybridized carbons (Fsp3) is 0.290. The quantitative estimate of drug-likeness (QED) is 0.299. The summed E-state index contributed by atoms with van der Waals surface area (Å²) in [6.07, 6.45) is 4.34. The topological polar surface area (TPSA) is 101 Å². The maximum atomic E-state index is 14.8. The lowest BCUT2D eigenvalue weighted by atomic mass is 9.92. The minimum absolute atomic E-state index is 0.127. The number of carbonyl (C=O) groups excluding carboxylic acids is 3. The number of pyridine rings is 1. The largest absolute Gasteiger partial charge is 0.453 e. The van der Waals surface area contributed by atoms with Crippen LogP contribution in [0.15, 0.2) is 59.2 Å². The maximum absolute atomic E-state index is 14.8. The Balaban J connectivity index is 1.52. The van der Waals surface area contributed by atoms with Crippen molar-refractivity contribution in [1.29, 1.82) is 0 Å². The molecule has 3 amide bonds. The summed E-state index contributed by atoms with van der Waals surface area (Å²) >= 11 is 3.10. The number of halogens is 3. The van der Waals surface area contributed by atoms with E-state index in [-0.39, 0.29) is 40.7 Å². The zero-order valence-corrected chi connectivity index (χ0v) is 24.6. The van der Waals surface area contributed by atoms with Gasteiger partial charge in [-0.25, -0.2) is 13.6 Å². The number of hydrogen-bond donors (Lipinski definition) is 2. The third-order valence-electron chi connectivity index (χ3n) is 7.65. The number of aromatic nitrogens is 1. The molecule has 0 saturated heterocycles. The first kappa shape index (κ1) is 29.4. The first-order chi connectivity index (χ1) is 20.2. The Bertz CT molecular complexity index is 1600. The third kappa shape index (κ3) is 6.06. The molecule has 3 aromatic rings. The minimum Gasteiger partial charge on any atom is -0.453 e. The first-order valence-corrected chi connectivity index (χ1v) is 14.4. The molecule has 0 radical (unpaired) electrons. The van der Waals surface area contributed by atoms with Crippen LogP contribution in [0.1, 0.15) is 49.9 Å². The average molecular weight is 639 g/mol. The zero-order valence-electron chi connectivity index (χ0n) is 23.0. The molecule has 2 atom stereocenters. The highest BCUT2D eigenvalue weighted by Crippen LogP contribution is 2.38. The summed E-state index contributed by atoms with van der Waals surface area (Å²) in [7, 11) is 1.27. The van der Waals surface area contributed by atoms with Crippen molar-refractivity contribution < 1.29 is 27.9 Å². The van der Waals surface area contributed by atoms with Crippen molar-refractivity contribution in [1.82, 2.24) is 9.88 Å². The van der Waals surface area contributed by atoms with Gasteiger partial charge in [-0.1, -0.05) is 19.4 Å². The number of nitrogens with zero attached hydrogens (tertiary/aromatic N) is 2. The Labute approximate surface area is 250 Å². The van der Waals surface area contributed by atoms with Crippen molar-refractivity contribution in [3.63, 3.8) is 0 Å². The van der Waals surface area contributed by atoms with E-state index in [2.05, 4.69) is 36.3 Å². The lowest BCUT2D eigenvalue weighted by molar-refractivity contribution is -0.129. The van der Waals surface area contributed by atoms with E-state index in [9.17, 15) is 23.2 Å². The molecule has 11 heteroatoms. The van der Waals surface area contributed by atoms with Gasteiger partial charge in [-0.2, -0.15) is 0 Å². The van der Waals surface area contributed by atoms with Crippen molar-refractivity contribution in [3.05, 3.63) is 82.1 Å². The van der Waals surface area contributed by atoms with E-state index in [1.54, 1.807) is 29.3 Å². The second-order valence-electron chi connectivity index (χ2n) is 10.4. The highest BCUT2D eigenvalue weighted by atomic mass is 79.9. The van der Waals surface area contributed by atoms with Crippen LogP contribution < -0.4 is 10.6 Å². The molecule has 8 nitrogen and oxygen atoms in total. The number of nitrogens with one attached hydrogen (secondary N) is 2. The molecule has 0 saturated carbocycles.